The SMILES string of the molecule is CC1CCN(c2cnn(CC(N)C3CC3)c(=O)c2)CC1. The summed E-state index contributed by atoms with van der Waals surface area (Å²) in [6, 6.07) is 1.78. The van der Waals surface area contributed by atoms with Crippen LogP contribution in [0.1, 0.15) is 32.6 Å². The minimum absolute atomic E-state index is 0.0304. The third-order valence-corrected chi connectivity index (χ3v) is 4.62. The molecule has 1 saturated carbocycles. The second kappa shape index (κ2) is 5.56. The minimum atomic E-state index is -0.0304. The molecular formula is C15H24N4O. The van der Waals surface area contributed by atoms with Gasteiger partial charge >= 0.3 is 0 Å². The van der Waals surface area contributed by atoms with Crippen molar-refractivity contribution in [3.63, 3.8) is 0 Å². The Kier molecular flexibility index (Phi) is 3.78. The van der Waals surface area contributed by atoms with Crippen molar-refractivity contribution in [2.45, 2.75) is 45.2 Å². The lowest BCUT2D eigenvalue weighted by atomic mass is 9.99. The van der Waals surface area contributed by atoms with E-state index < -0.39 is 0 Å². The molecular weight excluding hydrogens is 252 g/mol. The molecule has 2 N–H and O–H groups in total. The lowest BCUT2D eigenvalue weighted by Gasteiger charge is -2.31. The van der Waals surface area contributed by atoms with Gasteiger partial charge in [0.15, 0.2) is 0 Å². The van der Waals surface area contributed by atoms with E-state index >= 15 is 0 Å². The normalized spacial score (nSPS) is 22.0. The maximum atomic E-state index is 12.1. The van der Waals surface area contributed by atoms with E-state index in [0.29, 0.717) is 12.5 Å². The molecule has 1 aromatic heterocycles. The van der Waals surface area contributed by atoms with Crippen LogP contribution >= 0.6 is 0 Å². The maximum Gasteiger partial charge on any atom is 0.268 e. The third kappa shape index (κ3) is 3.03. The molecule has 1 unspecified atom stereocenters. The summed E-state index contributed by atoms with van der Waals surface area (Å²) < 4.78 is 1.51. The van der Waals surface area contributed by atoms with Crippen LogP contribution in [0.15, 0.2) is 17.1 Å². The molecule has 5 nitrogen and oxygen atoms in total. The summed E-state index contributed by atoms with van der Waals surface area (Å²) >= 11 is 0. The summed E-state index contributed by atoms with van der Waals surface area (Å²) in [6.45, 7) is 4.87. The fraction of sp³-hybridized carbons (Fsp3) is 0.733. The standard InChI is InChI=1S/C15H24N4O/c1-11-4-6-18(7-5-11)13-8-15(20)19(17-9-13)10-14(16)12-2-3-12/h8-9,11-12,14H,2-7,10,16H2,1H3. The van der Waals surface area contributed by atoms with E-state index in [1.165, 1.54) is 30.4 Å². The van der Waals surface area contributed by atoms with Gasteiger partial charge in [0.25, 0.3) is 5.56 Å². The summed E-state index contributed by atoms with van der Waals surface area (Å²) in [6.07, 6.45) is 6.59. The molecule has 3 rings (SSSR count). The lowest BCUT2D eigenvalue weighted by Crippen LogP contribution is -2.37. The van der Waals surface area contributed by atoms with Crippen molar-refractivity contribution in [3.05, 3.63) is 22.6 Å². The molecule has 1 saturated heterocycles. The fourth-order valence-electron chi connectivity index (χ4n) is 2.87. The molecule has 0 aromatic carbocycles. The smallest absolute Gasteiger partial charge is 0.268 e. The van der Waals surface area contributed by atoms with E-state index in [4.69, 9.17) is 5.73 Å². The van der Waals surface area contributed by atoms with Gasteiger partial charge in [0, 0.05) is 25.2 Å². The largest absolute Gasteiger partial charge is 0.370 e. The Balaban J connectivity index is 1.68. The van der Waals surface area contributed by atoms with Gasteiger partial charge in [-0.25, -0.2) is 4.68 Å². The minimum Gasteiger partial charge on any atom is -0.370 e. The van der Waals surface area contributed by atoms with Gasteiger partial charge in [-0.3, -0.25) is 4.79 Å². The highest BCUT2D eigenvalue weighted by Gasteiger charge is 2.29. The van der Waals surface area contributed by atoms with Crippen LogP contribution in [0.3, 0.4) is 0 Å². The van der Waals surface area contributed by atoms with E-state index in [-0.39, 0.29) is 11.6 Å². The Hall–Kier alpha value is -1.36. The van der Waals surface area contributed by atoms with Gasteiger partial charge in [-0.1, -0.05) is 6.92 Å². The van der Waals surface area contributed by atoms with Crippen LogP contribution in [0.25, 0.3) is 0 Å². The zero-order valence-electron chi connectivity index (χ0n) is 12.2. The summed E-state index contributed by atoms with van der Waals surface area (Å²) in [7, 11) is 0. The Morgan fingerprint density at radius 2 is 2.05 bits per heavy atom. The second-order valence-corrected chi connectivity index (χ2v) is 6.40. The predicted octanol–water partition coefficient (Wildman–Crippen LogP) is 1.22. The quantitative estimate of drug-likeness (QED) is 0.898. The predicted molar refractivity (Wildman–Crippen MR) is 79.8 cm³/mol. The van der Waals surface area contributed by atoms with Crippen molar-refractivity contribution in [3.8, 4) is 0 Å². The van der Waals surface area contributed by atoms with Crippen LogP contribution in [-0.2, 0) is 6.54 Å². The average Bonchev–Trinajstić information content (AvgIpc) is 3.26. The number of piperidine rings is 1. The van der Waals surface area contributed by atoms with Gasteiger partial charge in [0.05, 0.1) is 18.4 Å². The zero-order valence-corrected chi connectivity index (χ0v) is 12.2. The average molecular weight is 276 g/mol. The Morgan fingerprint density at radius 3 is 2.65 bits per heavy atom. The van der Waals surface area contributed by atoms with Crippen LogP contribution in [0.4, 0.5) is 5.69 Å². The van der Waals surface area contributed by atoms with Crippen LogP contribution in [0.2, 0.25) is 0 Å². The fourth-order valence-corrected chi connectivity index (χ4v) is 2.87. The molecule has 0 bridgehead atoms. The molecule has 0 radical (unpaired) electrons. The zero-order chi connectivity index (χ0) is 14.1. The van der Waals surface area contributed by atoms with Gasteiger partial charge in [-0.15, -0.1) is 0 Å². The van der Waals surface area contributed by atoms with Gasteiger partial charge < -0.3 is 10.6 Å². The van der Waals surface area contributed by atoms with Crippen LogP contribution in [0.5, 0.6) is 0 Å². The van der Waals surface area contributed by atoms with E-state index in [9.17, 15) is 4.79 Å². The molecule has 1 aliphatic heterocycles. The van der Waals surface area contributed by atoms with Crippen molar-refractivity contribution in [2.75, 3.05) is 18.0 Å². The molecule has 2 fully saturated rings. The van der Waals surface area contributed by atoms with Gasteiger partial charge in [-0.05, 0) is 37.5 Å². The van der Waals surface area contributed by atoms with E-state index in [1.54, 1.807) is 6.07 Å². The molecule has 2 aliphatic rings. The Morgan fingerprint density at radius 1 is 1.35 bits per heavy atom. The molecule has 0 spiro atoms. The lowest BCUT2D eigenvalue weighted by molar-refractivity contribution is 0.434. The summed E-state index contributed by atoms with van der Waals surface area (Å²) in [5.74, 6) is 1.38. The number of hydrogen-bond acceptors (Lipinski definition) is 4. The molecule has 0 amide bonds. The van der Waals surface area contributed by atoms with Crippen LogP contribution in [-0.4, -0.2) is 28.9 Å². The van der Waals surface area contributed by atoms with E-state index in [1.807, 2.05) is 6.20 Å². The van der Waals surface area contributed by atoms with Crippen LogP contribution < -0.4 is 16.2 Å². The highest BCUT2D eigenvalue weighted by Crippen LogP contribution is 2.31. The Bertz CT molecular complexity index is 515. The van der Waals surface area contributed by atoms with Crippen molar-refractivity contribution in [1.29, 1.82) is 0 Å². The summed E-state index contributed by atoms with van der Waals surface area (Å²) in [4.78, 5) is 14.4. The molecule has 20 heavy (non-hydrogen) atoms. The van der Waals surface area contributed by atoms with Gasteiger partial charge in [-0.2, -0.15) is 5.10 Å². The van der Waals surface area contributed by atoms with Crippen molar-refractivity contribution in [1.82, 2.24) is 9.78 Å². The van der Waals surface area contributed by atoms with E-state index in [2.05, 4.69) is 16.9 Å². The molecule has 1 aromatic rings. The number of hydrogen-bond donors (Lipinski definition) is 1. The molecule has 110 valence electrons. The van der Waals surface area contributed by atoms with E-state index in [0.717, 1.165) is 24.7 Å². The topological polar surface area (TPSA) is 64.2 Å². The molecule has 1 aliphatic carbocycles. The first-order chi connectivity index (χ1) is 9.63. The van der Waals surface area contributed by atoms with Crippen molar-refractivity contribution >= 4 is 5.69 Å². The monoisotopic (exact) mass is 276 g/mol. The van der Waals surface area contributed by atoms with Crippen molar-refractivity contribution in [2.24, 2.45) is 17.6 Å². The summed E-state index contributed by atoms with van der Waals surface area (Å²) in [5.41, 5.74) is 6.99. The van der Waals surface area contributed by atoms with Crippen molar-refractivity contribution < 1.29 is 0 Å². The second-order valence-electron chi connectivity index (χ2n) is 6.40. The first-order valence-corrected chi connectivity index (χ1v) is 7.71. The number of nitrogens with two attached hydrogens (primary N) is 1. The number of nitrogens with zero attached hydrogens (tertiary/aromatic N) is 3. The number of rotatable bonds is 4. The summed E-state index contributed by atoms with van der Waals surface area (Å²) in [5, 5.41) is 4.31. The van der Waals surface area contributed by atoms with Gasteiger partial charge in [0.1, 0.15) is 0 Å². The highest BCUT2D eigenvalue weighted by atomic mass is 16.1. The number of anilines is 1. The molecule has 2 heterocycles. The maximum absolute atomic E-state index is 12.1. The first kappa shape index (κ1) is 13.6. The third-order valence-electron chi connectivity index (χ3n) is 4.62. The molecule has 5 heteroatoms. The highest BCUT2D eigenvalue weighted by molar-refractivity contribution is 5.43. The van der Waals surface area contributed by atoms with Gasteiger partial charge in [0.2, 0.25) is 0 Å². The van der Waals surface area contributed by atoms with Crippen LogP contribution in [0, 0.1) is 11.8 Å². The first-order valence-electron chi connectivity index (χ1n) is 7.71. The number of aromatic nitrogens is 2. The molecule has 1 atom stereocenters. The Labute approximate surface area is 119 Å².